The molecule has 0 amide bonds. The Morgan fingerprint density at radius 1 is 1.10 bits per heavy atom. The molecular weight excluding hydrogens is 264 g/mol. The highest BCUT2D eigenvalue weighted by Gasteiger charge is 2.45. The van der Waals surface area contributed by atoms with Gasteiger partial charge in [0.1, 0.15) is 0 Å². The van der Waals surface area contributed by atoms with Crippen LogP contribution in [0.4, 0.5) is 0 Å². The molecule has 0 radical (unpaired) electrons. The van der Waals surface area contributed by atoms with Gasteiger partial charge in [0.2, 0.25) is 5.78 Å². The molecule has 0 spiro atoms. The summed E-state index contributed by atoms with van der Waals surface area (Å²) in [5.41, 5.74) is 1.82. The first-order chi connectivity index (χ1) is 10.0. The van der Waals surface area contributed by atoms with E-state index in [2.05, 4.69) is 0 Å². The van der Waals surface area contributed by atoms with Crippen LogP contribution in [0.5, 0.6) is 0 Å². The van der Waals surface area contributed by atoms with E-state index < -0.39 is 11.6 Å². The van der Waals surface area contributed by atoms with Crippen molar-refractivity contribution in [2.75, 3.05) is 0 Å². The molecule has 1 atom stereocenters. The first-order valence-electron chi connectivity index (χ1n) is 6.93. The van der Waals surface area contributed by atoms with Crippen LogP contribution < -0.4 is 0 Å². The van der Waals surface area contributed by atoms with E-state index in [1.807, 2.05) is 37.3 Å². The summed E-state index contributed by atoms with van der Waals surface area (Å²) in [5.74, 6) is -0.572. The number of rotatable bonds is 2. The first kappa shape index (κ1) is 13.6. The Morgan fingerprint density at radius 3 is 2.48 bits per heavy atom. The lowest BCUT2D eigenvalue weighted by atomic mass is 10.0. The molecule has 3 heteroatoms. The standard InChI is InChI=1S/C18H16O3/c1-12-7-3-5-9-14(12)17(20)21-18(2)11-13-8-4-6-10-15(13)16(18)19/h3-10H,11H2,1-2H3. The molecule has 2 aromatic carbocycles. The highest BCUT2D eigenvalue weighted by atomic mass is 16.6. The van der Waals surface area contributed by atoms with Crippen LogP contribution in [0, 0.1) is 6.92 Å². The van der Waals surface area contributed by atoms with Gasteiger partial charge < -0.3 is 4.74 Å². The molecular formula is C18H16O3. The summed E-state index contributed by atoms with van der Waals surface area (Å²) < 4.78 is 5.57. The van der Waals surface area contributed by atoms with Crippen LogP contribution in [0.15, 0.2) is 48.5 Å². The van der Waals surface area contributed by atoms with Gasteiger partial charge in [-0.3, -0.25) is 4.79 Å². The van der Waals surface area contributed by atoms with Gasteiger partial charge in [0.15, 0.2) is 5.60 Å². The van der Waals surface area contributed by atoms with E-state index in [0.717, 1.165) is 11.1 Å². The fraction of sp³-hybridized carbons (Fsp3) is 0.222. The van der Waals surface area contributed by atoms with Crippen LogP contribution >= 0.6 is 0 Å². The predicted octanol–water partition coefficient (Wildman–Crippen LogP) is 3.35. The van der Waals surface area contributed by atoms with Gasteiger partial charge in [0.05, 0.1) is 5.56 Å². The maximum absolute atomic E-state index is 12.5. The Bertz CT molecular complexity index is 733. The molecule has 1 unspecified atom stereocenters. The van der Waals surface area contributed by atoms with Crippen molar-refractivity contribution in [3.8, 4) is 0 Å². The van der Waals surface area contributed by atoms with Gasteiger partial charge in [-0.2, -0.15) is 0 Å². The minimum Gasteiger partial charge on any atom is -0.447 e. The van der Waals surface area contributed by atoms with Crippen molar-refractivity contribution in [2.24, 2.45) is 0 Å². The fourth-order valence-corrected chi connectivity index (χ4v) is 2.77. The van der Waals surface area contributed by atoms with E-state index in [-0.39, 0.29) is 5.78 Å². The lowest BCUT2D eigenvalue weighted by molar-refractivity contribution is 0.000440. The maximum Gasteiger partial charge on any atom is 0.339 e. The second-order valence-corrected chi connectivity index (χ2v) is 5.60. The number of hydrogen-bond donors (Lipinski definition) is 0. The second kappa shape index (κ2) is 4.85. The van der Waals surface area contributed by atoms with Gasteiger partial charge in [0, 0.05) is 12.0 Å². The first-order valence-corrected chi connectivity index (χ1v) is 6.93. The quantitative estimate of drug-likeness (QED) is 0.792. The summed E-state index contributed by atoms with van der Waals surface area (Å²) in [6.07, 6.45) is 0.430. The second-order valence-electron chi connectivity index (χ2n) is 5.60. The minimum atomic E-state index is -1.11. The zero-order valence-corrected chi connectivity index (χ0v) is 12.1. The number of carbonyl (C=O) groups is 2. The van der Waals surface area contributed by atoms with Crippen LogP contribution in [-0.2, 0) is 11.2 Å². The van der Waals surface area contributed by atoms with E-state index in [1.165, 1.54) is 0 Å². The van der Waals surface area contributed by atoms with E-state index in [1.54, 1.807) is 25.1 Å². The topological polar surface area (TPSA) is 43.4 Å². The molecule has 0 bridgehead atoms. The SMILES string of the molecule is Cc1ccccc1C(=O)OC1(C)Cc2ccccc2C1=O. The maximum atomic E-state index is 12.5. The summed E-state index contributed by atoms with van der Waals surface area (Å²) in [4.78, 5) is 24.8. The molecule has 0 heterocycles. The molecule has 0 fully saturated rings. The minimum absolute atomic E-state index is 0.125. The monoisotopic (exact) mass is 280 g/mol. The van der Waals surface area contributed by atoms with Gasteiger partial charge >= 0.3 is 5.97 Å². The third kappa shape index (κ3) is 2.25. The number of aryl methyl sites for hydroxylation is 1. The molecule has 21 heavy (non-hydrogen) atoms. The number of ketones is 1. The van der Waals surface area contributed by atoms with Crippen molar-refractivity contribution >= 4 is 11.8 Å². The number of Topliss-reactive ketones (excluding diaryl/α,β-unsaturated/α-hetero) is 1. The van der Waals surface area contributed by atoms with Crippen molar-refractivity contribution in [1.29, 1.82) is 0 Å². The number of ether oxygens (including phenoxy) is 1. The van der Waals surface area contributed by atoms with Crippen LogP contribution in [0.1, 0.15) is 38.8 Å². The number of fused-ring (bicyclic) bond motifs is 1. The molecule has 106 valence electrons. The van der Waals surface area contributed by atoms with Crippen LogP contribution in [0.2, 0.25) is 0 Å². The van der Waals surface area contributed by atoms with Crippen LogP contribution in [0.25, 0.3) is 0 Å². The van der Waals surface area contributed by atoms with E-state index in [0.29, 0.717) is 17.5 Å². The van der Waals surface area contributed by atoms with Gasteiger partial charge in [-0.05, 0) is 31.0 Å². The van der Waals surface area contributed by atoms with Crippen LogP contribution in [0.3, 0.4) is 0 Å². The summed E-state index contributed by atoms with van der Waals surface area (Å²) in [6.45, 7) is 3.54. The van der Waals surface area contributed by atoms with Crippen molar-refractivity contribution in [1.82, 2.24) is 0 Å². The van der Waals surface area contributed by atoms with Crippen molar-refractivity contribution < 1.29 is 14.3 Å². The Morgan fingerprint density at radius 2 is 1.76 bits per heavy atom. The Balaban J connectivity index is 1.88. The largest absolute Gasteiger partial charge is 0.447 e. The van der Waals surface area contributed by atoms with Gasteiger partial charge in [-0.1, -0.05) is 42.5 Å². The number of hydrogen-bond acceptors (Lipinski definition) is 3. The van der Waals surface area contributed by atoms with E-state index in [9.17, 15) is 9.59 Å². The molecule has 0 saturated carbocycles. The van der Waals surface area contributed by atoms with Crippen molar-refractivity contribution in [3.63, 3.8) is 0 Å². The highest BCUT2D eigenvalue weighted by molar-refractivity contribution is 6.08. The summed E-state index contributed by atoms with van der Waals surface area (Å²) in [5, 5.41) is 0. The Labute approximate surface area is 123 Å². The Hall–Kier alpha value is -2.42. The van der Waals surface area contributed by atoms with E-state index >= 15 is 0 Å². The third-order valence-electron chi connectivity index (χ3n) is 3.95. The molecule has 3 rings (SSSR count). The molecule has 3 nitrogen and oxygen atoms in total. The van der Waals surface area contributed by atoms with Crippen molar-refractivity contribution in [3.05, 3.63) is 70.8 Å². The fourth-order valence-electron chi connectivity index (χ4n) is 2.77. The Kier molecular flexibility index (Phi) is 3.13. The molecule has 2 aromatic rings. The van der Waals surface area contributed by atoms with Crippen LogP contribution in [-0.4, -0.2) is 17.4 Å². The number of benzene rings is 2. The molecule has 0 aliphatic heterocycles. The lowest BCUT2D eigenvalue weighted by Crippen LogP contribution is -2.38. The molecule has 1 aliphatic rings. The number of esters is 1. The van der Waals surface area contributed by atoms with Gasteiger partial charge in [-0.15, -0.1) is 0 Å². The van der Waals surface area contributed by atoms with Gasteiger partial charge in [-0.25, -0.2) is 4.79 Å². The lowest BCUT2D eigenvalue weighted by Gasteiger charge is -2.23. The van der Waals surface area contributed by atoms with Gasteiger partial charge in [0.25, 0.3) is 0 Å². The average Bonchev–Trinajstić information content (AvgIpc) is 2.71. The van der Waals surface area contributed by atoms with Crippen molar-refractivity contribution in [2.45, 2.75) is 25.9 Å². The molecule has 1 aliphatic carbocycles. The third-order valence-corrected chi connectivity index (χ3v) is 3.95. The van der Waals surface area contributed by atoms with E-state index in [4.69, 9.17) is 4.74 Å². The molecule has 0 saturated heterocycles. The highest BCUT2D eigenvalue weighted by Crippen LogP contribution is 2.33. The molecule has 0 N–H and O–H groups in total. The molecule has 0 aromatic heterocycles. The smallest absolute Gasteiger partial charge is 0.339 e. The zero-order valence-electron chi connectivity index (χ0n) is 12.1. The number of carbonyl (C=O) groups excluding carboxylic acids is 2. The average molecular weight is 280 g/mol. The normalized spacial score (nSPS) is 20.2. The summed E-state index contributed by atoms with van der Waals surface area (Å²) >= 11 is 0. The zero-order chi connectivity index (χ0) is 15.0. The predicted molar refractivity (Wildman–Crippen MR) is 79.5 cm³/mol. The summed E-state index contributed by atoms with van der Waals surface area (Å²) in [7, 11) is 0. The summed E-state index contributed by atoms with van der Waals surface area (Å²) in [6, 6.07) is 14.6.